The molecule has 2 heterocycles. The minimum Gasteiger partial charge on any atom is -0.486 e. The maximum absolute atomic E-state index is 13.4. The summed E-state index contributed by atoms with van der Waals surface area (Å²) in [5.74, 6) is 0.201. The molecule has 0 radical (unpaired) electrons. The molecule has 0 saturated heterocycles. The summed E-state index contributed by atoms with van der Waals surface area (Å²) < 4.78 is 25.5. The lowest BCUT2D eigenvalue weighted by molar-refractivity contribution is 0.0528. The standard InChI is InChI=1S/C24H21NO4S2/c1-3-28-24(26)22-23(31(27)19-9-5-4-6-10-19)20-12-11-18(14-21(20)30-22)29-16(2)17-8-7-13-25-15-17/h4-16H,3H2,1-2H3. The highest BCUT2D eigenvalue weighted by Gasteiger charge is 2.25. The number of aromatic nitrogens is 1. The minimum atomic E-state index is -1.51. The Kier molecular flexibility index (Phi) is 6.44. The average Bonchev–Trinajstić information content (AvgIpc) is 3.19. The molecule has 0 aliphatic rings. The molecular weight excluding hydrogens is 430 g/mol. The van der Waals surface area contributed by atoms with Gasteiger partial charge in [0, 0.05) is 32.9 Å². The predicted molar refractivity (Wildman–Crippen MR) is 122 cm³/mol. The molecule has 2 aromatic heterocycles. The van der Waals surface area contributed by atoms with Crippen LogP contribution >= 0.6 is 11.3 Å². The quantitative estimate of drug-likeness (QED) is 0.333. The molecular formula is C24H21NO4S2. The second kappa shape index (κ2) is 9.41. The van der Waals surface area contributed by atoms with Gasteiger partial charge < -0.3 is 9.47 Å². The molecule has 2 unspecified atom stereocenters. The first-order chi connectivity index (χ1) is 15.1. The van der Waals surface area contributed by atoms with Crippen LogP contribution in [0.4, 0.5) is 0 Å². The number of esters is 1. The first-order valence-corrected chi connectivity index (χ1v) is 11.8. The zero-order valence-corrected chi connectivity index (χ0v) is 18.7. The highest BCUT2D eigenvalue weighted by Crippen LogP contribution is 2.38. The SMILES string of the molecule is CCOC(=O)c1sc2cc(OC(C)c3cccnc3)ccc2c1S(=O)c1ccccc1. The fourth-order valence-corrected chi connectivity index (χ4v) is 5.90. The minimum absolute atomic E-state index is 0.187. The highest BCUT2D eigenvalue weighted by molar-refractivity contribution is 7.85. The number of fused-ring (bicyclic) bond motifs is 1. The number of thiophene rings is 1. The molecule has 0 aliphatic heterocycles. The van der Waals surface area contributed by atoms with E-state index < -0.39 is 16.8 Å². The zero-order chi connectivity index (χ0) is 21.8. The summed E-state index contributed by atoms with van der Waals surface area (Å²) in [6.45, 7) is 3.96. The van der Waals surface area contributed by atoms with Crippen molar-refractivity contribution in [2.24, 2.45) is 0 Å². The van der Waals surface area contributed by atoms with E-state index in [9.17, 15) is 9.00 Å². The third-order valence-electron chi connectivity index (χ3n) is 4.69. The van der Waals surface area contributed by atoms with E-state index in [4.69, 9.17) is 9.47 Å². The molecule has 5 nitrogen and oxygen atoms in total. The maximum Gasteiger partial charge on any atom is 0.349 e. The van der Waals surface area contributed by atoms with Gasteiger partial charge in [-0.2, -0.15) is 0 Å². The first kappa shape index (κ1) is 21.2. The van der Waals surface area contributed by atoms with Crippen molar-refractivity contribution in [1.29, 1.82) is 0 Å². The predicted octanol–water partition coefficient (Wildman–Crippen LogP) is 5.78. The van der Waals surface area contributed by atoms with E-state index in [0.717, 1.165) is 15.6 Å². The summed E-state index contributed by atoms with van der Waals surface area (Å²) in [6, 6.07) is 18.5. The molecule has 4 aromatic rings. The molecule has 4 rings (SSSR count). The van der Waals surface area contributed by atoms with E-state index in [1.807, 2.05) is 55.5 Å². The molecule has 2 atom stereocenters. The Morgan fingerprint density at radius 2 is 1.94 bits per heavy atom. The van der Waals surface area contributed by atoms with Crippen LogP contribution in [-0.4, -0.2) is 21.8 Å². The number of pyridine rings is 1. The van der Waals surface area contributed by atoms with Crippen molar-refractivity contribution in [2.75, 3.05) is 6.61 Å². The molecule has 0 fully saturated rings. The summed E-state index contributed by atoms with van der Waals surface area (Å²) in [4.78, 5) is 18.2. The van der Waals surface area contributed by atoms with Gasteiger partial charge in [0.05, 0.1) is 22.3 Å². The van der Waals surface area contributed by atoms with Crippen LogP contribution in [0.25, 0.3) is 10.1 Å². The van der Waals surface area contributed by atoms with Crippen LogP contribution in [-0.2, 0) is 15.5 Å². The number of nitrogens with zero attached hydrogens (tertiary/aromatic N) is 1. The van der Waals surface area contributed by atoms with Crippen LogP contribution in [0.15, 0.2) is 82.8 Å². The summed E-state index contributed by atoms with van der Waals surface area (Å²) in [6.07, 6.45) is 3.31. The lowest BCUT2D eigenvalue weighted by Gasteiger charge is -2.14. The van der Waals surface area contributed by atoms with Crippen LogP contribution in [0, 0.1) is 0 Å². The Morgan fingerprint density at radius 1 is 1.13 bits per heavy atom. The van der Waals surface area contributed by atoms with E-state index in [1.165, 1.54) is 11.3 Å². The van der Waals surface area contributed by atoms with Crippen LogP contribution in [0.3, 0.4) is 0 Å². The van der Waals surface area contributed by atoms with Gasteiger partial charge in [0.15, 0.2) is 0 Å². The molecule has 0 bridgehead atoms. The second-order valence-corrected chi connectivity index (χ2v) is 9.24. The van der Waals surface area contributed by atoms with Crippen LogP contribution in [0.2, 0.25) is 0 Å². The van der Waals surface area contributed by atoms with Gasteiger partial charge in [-0.3, -0.25) is 4.98 Å². The number of rotatable bonds is 7. The van der Waals surface area contributed by atoms with E-state index >= 15 is 0 Å². The van der Waals surface area contributed by atoms with Gasteiger partial charge in [0.1, 0.15) is 16.7 Å². The van der Waals surface area contributed by atoms with Gasteiger partial charge in [-0.25, -0.2) is 9.00 Å². The lowest BCUT2D eigenvalue weighted by atomic mass is 10.2. The number of carbonyl (C=O) groups excluding carboxylic acids is 1. The normalized spacial score (nSPS) is 13.0. The maximum atomic E-state index is 13.4. The summed E-state index contributed by atoms with van der Waals surface area (Å²) in [5.41, 5.74) is 0.965. The Balaban J connectivity index is 1.74. The fraction of sp³-hybridized carbons (Fsp3) is 0.167. The third kappa shape index (κ3) is 4.52. The Labute approximate surface area is 187 Å². The Morgan fingerprint density at radius 3 is 2.65 bits per heavy atom. The molecule has 158 valence electrons. The van der Waals surface area contributed by atoms with Gasteiger partial charge in [0.2, 0.25) is 0 Å². The van der Waals surface area contributed by atoms with Gasteiger partial charge in [-0.1, -0.05) is 24.3 Å². The molecule has 7 heteroatoms. The monoisotopic (exact) mass is 451 g/mol. The molecule has 0 spiro atoms. The summed E-state index contributed by atoms with van der Waals surface area (Å²) in [5, 5.41) is 0.761. The van der Waals surface area contributed by atoms with Crippen LogP contribution in [0.5, 0.6) is 5.75 Å². The molecule has 0 saturated carbocycles. The smallest absolute Gasteiger partial charge is 0.349 e. The van der Waals surface area contributed by atoms with E-state index in [2.05, 4.69) is 4.98 Å². The fourth-order valence-electron chi connectivity index (χ4n) is 3.19. The molecule has 31 heavy (non-hydrogen) atoms. The van der Waals surface area contributed by atoms with Crippen molar-refractivity contribution in [1.82, 2.24) is 4.98 Å². The zero-order valence-electron chi connectivity index (χ0n) is 17.1. The van der Waals surface area contributed by atoms with Crippen molar-refractivity contribution in [3.63, 3.8) is 0 Å². The lowest BCUT2D eigenvalue weighted by Crippen LogP contribution is -2.06. The number of hydrogen-bond donors (Lipinski definition) is 0. The average molecular weight is 452 g/mol. The van der Waals surface area contributed by atoms with E-state index in [-0.39, 0.29) is 12.7 Å². The third-order valence-corrected chi connectivity index (χ3v) is 7.44. The van der Waals surface area contributed by atoms with Crippen molar-refractivity contribution >= 4 is 38.2 Å². The van der Waals surface area contributed by atoms with Crippen LogP contribution < -0.4 is 4.74 Å². The van der Waals surface area contributed by atoms with Gasteiger partial charge in [-0.15, -0.1) is 11.3 Å². The molecule has 0 N–H and O–H groups in total. The van der Waals surface area contributed by atoms with Crippen molar-refractivity contribution in [3.8, 4) is 5.75 Å². The van der Waals surface area contributed by atoms with Crippen LogP contribution in [0.1, 0.15) is 35.2 Å². The van der Waals surface area contributed by atoms with Gasteiger partial charge in [-0.05, 0) is 50.2 Å². The summed E-state index contributed by atoms with van der Waals surface area (Å²) in [7, 11) is -1.51. The highest BCUT2D eigenvalue weighted by atomic mass is 32.2. The van der Waals surface area contributed by atoms with Gasteiger partial charge >= 0.3 is 5.97 Å². The summed E-state index contributed by atoms with van der Waals surface area (Å²) >= 11 is 1.27. The first-order valence-electron chi connectivity index (χ1n) is 9.85. The topological polar surface area (TPSA) is 65.5 Å². The van der Waals surface area contributed by atoms with Gasteiger partial charge in [0.25, 0.3) is 0 Å². The number of hydrogen-bond acceptors (Lipinski definition) is 6. The Bertz CT molecular complexity index is 1220. The van der Waals surface area contributed by atoms with Crippen molar-refractivity contribution < 1.29 is 18.5 Å². The van der Waals surface area contributed by atoms with Crippen molar-refractivity contribution in [3.05, 3.63) is 83.5 Å². The number of carbonyl (C=O) groups is 1. The van der Waals surface area contributed by atoms with E-state index in [1.54, 1.807) is 31.5 Å². The second-order valence-electron chi connectivity index (χ2n) is 6.77. The molecule has 0 amide bonds. The molecule has 2 aromatic carbocycles. The number of ether oxygens (including phenoxy) is 2. The number of benzene rings is 2. The molecule has 0 aliphatic carbocycles. The largest absolute Gasteiger partial charge is 0.486 e. The van der Waals surface area contributed by atoms with Crippen molar-refractivity contribution in [2.45, 2.75) is 29.7 Å². The Hall–Kier alpha value is -3.03. The van der Waals surface area contributed by atoms with E-state index in [0.29, 0.717) is 20.4 Å².